The largest absolute Gasteiger partial charge is 0.490 e. The van der Waals surface area contributed by atoms with Crippen LogP contribution in [0.4, 0.5) is 10.5 Å². The van der Waals surface area contributed by atoms with Gasteiger partial charge in [-0.05, 0) is 75.7 Å². The molecule has 13 heteroatoms. The summed E-state index contributed by atoms with van der Waals surface area (Å²) in [6.45, 7) is 9.05. The molecule has 2 heterocycles. The lowest BCUT2D eigenvalue weighted by Crippen LogP contribution is -2.45. The molecular weight excluding hydrogens is 580 g/mol. The number of urea groups is 1. The van der Waals surface area contributed by atoms with Crippen molar-refractivity contribution in [3.05, 3.63) is 82.3 Å². The number of aromatic nitrogens is 1. The minimum Gasteiger partial charge on any atom is -0.490 e. The zero-order chi connectivity index (χ0) is 32.7. The van der Waals surface area contributed by atoms with E-state index in [1.165, 1.54) is 14.0 Å². The van der Waals surface area contributed by atoms with Crippen molar-refractivity contribution in [2.24, 2.45) is 5.10 Å². The standard InChI is InChI=1S/C32H38N6O7/c1-7-44-27-15-22(30-29(31(41)43-6)19(3)34-32(42)36-30)8-13-26(27)45-17-28(40)37-33-16-23-14-18(2)38(20(23)4)25-11-9-24(10-12-25)35-21(5)39/h8-16,28,30,37,40H,7,17H2,1-6H3,(H,35,39)(H2,34,36,42)/b33-16-/t28-,30-/m1/s1. The lowest BCUT2D eigenvalue weighted by Gasteiger charge is -2.28. The normalized spacial score (nSPS) is 15.3. The monoisotopic (exact) mass is 618 g/mol. The number of benzene rings is 2. The maximum atomic E-state index is 12.5. The highest BCUT2D eigenvalue weighted by Crippen LogP contribution is 2.35. The van der Waals surface area contributed by atoms with Gasteiger partial charge in [0, 0.05) is 40.9 Å². The van der Waals surface area contributed by atoms with E-state index in [4.69, 9.17) is 14.2 Å². The fraction of sp³-hybridized carbons (Fsp3) is 0.312. The first-order chi connectivity index (χ1) is 21.5. The maximum absolute atomic E-state index is 12.5. The number of anilines is 1. The number of ether oxygens (including phenoxy) is 3. The molecule has 0 bridgehead atoms. The van der Waals surface area contributed by atoms with Gasteiger partial charge in [-0.2, -0.15) is 5.10 Å². The number of rotatable bonds is 12. The zero-order valence-corrected chi connectivity index (χ0v) is 26.1. The molecule has 45 heavy (non-hydrogen) atoms. The van der Waals surface area contributed by atoms with Crippen molar-refractivity contribution >= 4 is 29.8 Å². The second-order valence-electron chi connectivity index (χ2n) is 10.3. The maximum Gasteiger partial charge on any atom is 0.337 e. The molecule has 1 aliphatic heterocycles. The third kappa shape index (κ3) is 7.81. The van der Waals surface area contributed by atoms with Crippen LogP contribution < -0.4 is 30.8 Å². The summed E-state index contributed by atoms with van der Waals surface area (Å²) >= 11 is 0. The van der Waals surface area contributed by atoms with E-state index >= 15 is 0 Å². The Balaban J connectivity index is 1.41. The number of amides is 3. The first-order valence-electron chi connectivity index (χ1n) is 14.3. The number of hydrazone groups is 1. The molecule has 2 aromatic carbocycles. The van der Waals surface area contributed by atoms with Gasteiger partial charge < -0.3 is 39.8 Å². The van der Waals surface area contributed by atoms with E-state index in [0.29, 0.717) is 29.4 Å². The number of aryl methyl sites for hydroxylation is 1. The molecule has 238 valence electrons. The number of esters is 1. The molecule has 4 rings (SSSR count). The average Bonchev–Trinajstić information content (AvgIpc) is 3.28. The van der Waals surface area contributed by atoms with Gasteiger partial charge in [0.25, 0.3) is 0 Å². The summed E-state index contributed by atoms with van der Waals surface area (Å²) < 4.78 is 18.6. The van der Waals surface area contributed by atoms with E-state index < -0.39 is 24.3 Å². The molecule has 3 amide bonds. The molecular formula is C32H38N6O7. The predicted octanol–water partition coefficient (Wildman–Crippen LogP) is 3.57. The highest BCUT2D eigenvalue weighted by molar-refractivity contribution is 5.95. The number of aliphatic hydroxyl groups is 1. The Labute approximate surface area is 261 Å². The number of hydrogen-bond acceptors (Lipinski definition) is 9. The number of nitrogens with one attached hydrogen (secondary N) is 4. The Kier molecular flexibility index (Phi) is 10.5. The van der Waals surface area contributed by atoms with Crippen LogP contribution in [0.5, 0.6) is 11.5 Å². The van der Waals surface area contributed by atoms with Gasteiger partial charge in [0.05, 0.1) is 31.5 Å². The molecule has 0 aliphatic carbocycles. The Morgan fingerprint density at radius 2 is 1.82 bits per heavy atom. The van der Waals surface area contributed by atoms with Crippen LogP contribution >= 0.6 is 0 Å². The highest BCUT2D eigenvalue weighted by Gasteiger charge is 2.32. The van der Waals surface area contributed by atoms with Crippen molar-refractivity contribution in [2.75, 3.05) is 25.6 Å². The van der Waals surface area contributed by atoms with Crippen molar-refractivity contribution in [2.45, 2.75) is 46.9 Å². The van der Waals surface area contributed by atoms with Crippen molar-refractivity contribution in [3.63, 3.8) is 0 Å². The van der Waals surface area contributed by atoms with E-state index in [0.717, 1.165) is 28.3 Å². The summed E-state index contributed by atoms with van der Waals surface area (Å²) in [6, 6.07) is 13.3. The molecule has 1 aliphatic rings. The molecule has 0 fully saturated rings. The van der Waals surface area contributed by atoms with Gasteiger partial charge in [0.2, 0.25) is 5.91 Å². The van der Waals surface area contributed by atoms with E-state index in [2.05, 4.69) is 31.0 Å². The van der Waals surface area contributed by atoms with E-state index in [9.17, 15) is 19.5 Å². The van der Waals surface area contributed by atoms with Crippen molar-refractivity contribution in [3.8, 4) is 17.2 Å². The molecule has 0 saturated heterocycles. The van der Waals surface area contributed by atoms with Crippen molar-refractivity contribution in [1.29, 1.82) is 0 Å². The van der Waals surface area contributed by atoms with Crippen molar-refractivity contribution < 1.29 is 33.7 Å². The van der Waals surface area contributed by atoms with Crippen LogP contribution in [0, 0.1) is 13.8 Å². The average molecular weight is 619 g/mol. The molecule has 2 atom stereocenters. The van der Waals surface area contributed by atoms with Gasteiger partial charge in [0.15, 0.2) is 17.7 Å². The predicted molar refractivity (Wildman–Crippen MR) is 169 cm³/mol. The molecule has 1 aromatic heterocycles. The summed E-state index contributed by atoms with van der Waals surface area (Å²) in [5.41, 5.74) is 8.37. The number of nitrogens with zero attached hydrogens (tertiary/aromatic N) is 2. The van der Waals surface area contributed by atoms with Crippen LogP contribution in [0.25, 0.3) is 5.69 Å². The summed E-state index contributed by atoms with van der Waals surface area (Å²) in [5, 5.41) is 22.8. The minimum absolute atomic E-state index is 0.130. The number of carbonyl (C=O) groups is 3. The van der Waals surface area contributed by atoms with Crippen molar-refractivity contribution in [1.82, 2.24) is 20.6 Å². The molecule has 5 N–H and O–H groups in total. The van der Waals surface area contributed by atoms with Crippen LogP contribution in [0.15, 0.2) is 64.9 Å². The molecule has 3 aromatic rings. The summed E-state index contributed by atoms with van der Waals surface area (Å²) in [4.78, 5) is 35.9. The lowest BCUT2D eigenvalue weighted by molar-refractivity contribution is -0.136. The van der Waals surface area contributed by atoms with Gasteiger partial charge in [-0.3, -0.25) is 10.2 Å². The second kappa shape index (κ2) is 14.4. The molecule has 0 unspecified atom stereocenters. The lowest BCUT2D eigenvalue weighted by atomic mass is 9.95. The Bertz CT molecular complexity index is 1630. The first kappa shape index (κ1) is 32.6. The molecule has 0 saturated carbocycles. The highest BCUT2D eigenvalue weighted by atomic mass is 16.5. The number of allylic oxidation sites excluding steroid dienone is 1. The number of hydrogen-bond donors (Lipinski definition) is 5. The first-order valence-corrected chi connectivity index (χ1v) is 14.3. The van der Waals surface area contributed by atoms with Gasteiger partial charge in [-0.25, -0.2) is 9.59 Å². The molecule has 0 spiro atoms. The van der Waals surface area contributed by atoms with E-state index in [1.807, 2.05) is 51.1 Å². The molecule has 0 radical (unpaired) electrons. The van der Waals surface area contributed by atoms with Crippen LogP contribution in [-0.2, 0) is 14.3 Å². The third-order valence-electron chi connectivity index (χ3n) is 7.02. The van der Waals surface area contributed by atoms with Crippen LogP contribution in [0.3, 0.4) is 0 Å². The van der Waals surface area contributed by atoms with Crippen LogP contribution in [0.1, 0.15) is 49.3 Å². The topological polar surface area (TPSA) is 165 Å². The zero-order valence-electron chi connectivity index (χ0n) is 26.1. The van der Waals surface area contributed by atoms with E-state index in [1.54, 1.807) is 31.3 Å². The number of carbonyl (C=O) groups excluding carboxylic acids is 3. The Morgan fingerprint density at radius 1 is 1.09 bits per heavy atom. The summed E-state index contributed by atoms with van der Waals surface area (Å²) in [5.74, 6) is 0.0313. The van der Waals surface area contributed by atoms with Crippen LogP contribution in [-0.4, -0.2) is 60.3 Å². The van der Waals surface area contributed by atoms with Gasteiger partial charge >= 0.3 is 12.0 Å². The van der Waals surface area contributed by atoms with E-state index in [-0.39, 0.29) is 18.1 Å². The minimum atomic E-state index is -1.14. The fourth-order valence-corrected chi connectivity index (χ4v) is 5.03. The van der Waals surface area contributed by atoms with Gasteiger partial charge in [-0.1, -0.05) is 6.07 Å². The Morgan fingerprint density at radius 3 is 2.49 bits per heavy atom. The number of aliphatic hydroxyl groups excluding tert-OH is 1. The Hall–Kier alpha value is -5.30. The fourth-order valence-electron chi connectivity index (χ4n) is 5.03. The van der Waals surface area contributed by atoms with Crippen LogP contribution in [0.2, 0.25) is 0 Å². The smallest absolute Gasteiger partial charge is 0.337 e. The molecule has 13 nitrogen and oxygen atoms in total. The van der Waals surface area contributed by atoms with Gasteiger partial charge in [-0.15, -0.1) is 0 Å². The summed E-state index contributed by atoms with van der Waals surface area (Å²) in [6.07, 6.45) is 0.482. The number of methoxy groups -OCH3 is 1. The SMILES string of the molecule is CCOc1cc([C@H]2NC(=O)NC(C)=C2C(=O)OC)ccc1OC[C@@H](O)N/N=C\c1cc(C)n(-c2ccc(NC(C)=O)cc2)c1C. The quantitative estimate of drug-likeness (QED) is 0.0890. The summed E-state index contributed by atoms with van der Waals surface area (Å²) in [7, 11) is 1.28. The van der Waals surface area contributed by atoms with Gasteiger partial charge in [0.1, 0.15) is 6.61 Å². The third-order valence-corrected chi connectivity index (χ3v) is 7.02. The second-order valence-corrected chi connectivity index (χ2v) is 10.3.